The largest absolute Gasteiger partial charge is 0.497 e. The van der Waals surface area contributed by atoms with Gasteiger partial charge in [-0.3, -0.25) is 4.99 Å². The molecule has 156 valence electrons. The Bertz CT molecular complexity index is 586. The Hall–Kier alpha value is -1.43. The van der Waals surface area contributed by atoms with Gasteiger partial charge in [0.1, 0.15) is 18.1 Å². The van der Waals surface area contributed by atoms with E-state index in [1.807, 2.05) is 24.1 Å². The number of guanidine groups is 1. The summed E-state index contributed by atoms with van der Waals surface area (Å²) in [5.74, 6) is 2.03. The van der Waals surface area contributed by atoms with Gasteiger partial charge in [0.05, 0.1) is 14.2 Å². The highest BCUT2D eigenvalue weighted by Gasteiger charge is 2.27. The lowest BCUT2D eigenvalue weighted by Gasteiger charge is -2.23. The van der Waals surface area contributed by atoms with Gasteiger partial charge in [-0.15, -0.1) is 24.0 Å². The second-order valence-electron chi connectivity index (χ2n) is 5.53. The van der Waals surface area contributed by atoms with Crippen LogP contribution in [0.5, 0.6) is 11.5 Å². The summed E-state index contributed by atoms with van der Waals surface area (Å²) in [4.78, 5) is 6.07. The van der Waals surface area contributed by atoms with E-state index < -0.39 is 12.8 Å². The van der Waals surface area contributed by atoms with Gasteiger partial charge >= 0.3 is 6.18 Å². The van der Waals surface area contributed by atoms with E-state index in [1.165, 1.54) is 0 Å². The first-order valence-electron chi connectivity index (χ1n) is 8.08. The molecule has 10 heteroatoms. The summed E-state index contributed by atoms with van der Waals surface area (Å²) < 4.78 is 51.1. The molecule has 0 aliphatic rings. The van der Waals surface area contributed by atoms with Crippen molar-refractivity contribution in [2.45, 2.75) is 19.1 Å². The number of nitrogens with zero attached hydrogens (tertiary/aromatic N) is 2. The van der Waals surface area contributed by atoms with Crippen molar-refractivity contribution < 1.29 is 27.4 Å². The molecule has 1 aromatic rings. The molecule has 27 heavy (non-hydrogen) atoms. The summed E-state index contributed by atoms with van der Waals surface area (Å²) in [7, 11) is 6.68. The number of methoxy groups -OCH3 is 2. The molecule has 0 spiro atoms. The lowest BCUT2D eigenvalue weighted by Crippen LogP contribution is -2.39. The van der Waals surface area contributed by atoms with E-state index in [1.54, 1.807) is 27.3 Å². The maximum atomic E-state index is 12.0. The predicted molar refractivity (Wildman–Crippen MR) is 109 cm³/mol. The van der Waals surface area contributed by atoms with Crippen molar-refractivity contribution in [2.75, 3.05) is 48.1 Å². The van der Waals surface area contributed by atoms with Crippen LogP contribution in [0.2, 0.25) is 0 Å². The average Bonchev–Trinajstić information content (AvgIpc) is 2.60. The van der Waals surface area contributed by atoms with Gasteiger partial charge in [0.15, 0.2) is 5.96 Å². The highest BCUT2D eigenvalue weighted by Crippen LogP contribution is 2.25. The fourth-order valence-electron chi connectivity index (χ4n) is 2.26. The fourth-order valence-corrected chi connectivity index (χ4v) is 2.26. The van der Waals surface area contributed by atoms with Gasteiger partial charge in [-0.1, -0.05) is 0 Å². The molecule has 0 bridgehead atoms. The van der Waals surface area contributed by atoms with E-state index in [4.69, 9.17) is 9.47 Å². The van der Waals surface area contributed by atoms with Crippen LogP contribution in [0.15, 0.2) is 23.2 Å². The SMILES string of the molecule is CN=C(NCCCOCC(F)(F)F)N(C)Cc1ccc(OC)cc1OC.I. The van der Waals surface area contributed by atoms with Crippen molar-refractivity contribution in [2.24, 2.45) is 4.99 Å². The van der Waals surface area contributed by atoms with Crippen molar-refractivity contribution >= 4 is 29.9 Å². The molecule has 0 unspecified atom stereocenters. The molecule has 0 aliphatic carbocycles. The van der Waals surface area contributed by atoms with E-state index in [2.05, 4.69) is 15.0 Å². The van der Waals surface area contributed by atoms with Gasteiger partial charge in [0.25, 0.3) is 0 Å². The van der Waals surface area contributed by atoms with Crippen LogP contribution in [0.25, 0.3) is 0 Å². The minimum absolute atomic E-state index is 0. The Morgan fingerprint density at radius 3 is 2.48 bits per heavy atom. The highest BCUT2D eigenvalue weighted by atomic mass is 127. The van der Waals surface area contributed by atoms with Gasteiger partial charge in [-0.05, 0) is 18.6 Å². The first kappa shape index (κ1) is 25.6. The summed E-state index contributed by atoms with van der Waals surface area (Å²) in [6, 6.07) is 5.56. The lowest BCUT2D eigenvalue weighted by molar-refractivity contribution is -0.173. The van der Waals surface area contributed by atoms with Crippen LogP contribution in [0.1, 0.15) is 12.0 Å². The number of alkyl halides is 3. The normalized spacial score (nSPS) is 11.6. The van der Waals surface area contributed by atoms with Gasteiger partial charge in [0, 0.05) is 45.4 Å². The van der Waals surface area contributed by atoms with Crippen molar-refractivity contribution in [1.82, 2.24) is 10.2 Å². The zero-order valence-electron chi connectivity index (χ0n) is 15.9. The number of halogens is 4. The number of ether oxygens (including phenoxy) is 3. The van der Waals surface area contributed by atoms with Crippen LogP contribution in [0, 0.1) is 0 Å². The minimum Gasteiger partial charge on any atom is -0.497 e. The molecule has 0 fully saturated rings. The van der Waals surface area contributed by atoms with Crippen molar-refractivity contribution in [3.8, 4) is 11.5 Å². The molecule has 1 aromatic carbocycles. The van der Waals surface area contributed by atoms with E-state index >= 15 is 0 Å². The Morgan fingerprint density at radius 2 is 1.93 bits per heavy atom. The zero-order valence-corrected chi connectivity index (χ0v) is 18.3. The topological polar surface area (TPSA) is 55.3 Å². The second kappa shape index (κ2) is 12.9. The van der Waals surface area contributed by atoms with Crippen LogP contribution in [-0.4, -0.2) is 65.1 Å². The molecule has 0 atom stereocenters. The number of nitrogens with one attached hydrogen (secondary N) is 1. The third-order valence-electron chi connectivity index (χ3n) is 3.49. The number of hydrogen-bond donors (Lipinski definition) is 1. The maximum Gasteiger partial charge on any atom is 0.411 e. The fraction of sp³-hybridized carbons (Fsp3) is 0.588. The number of benzene rings is 1. The minimum atomic E-state index is -4.29. The molecule has 0 amide bonds. The summed E-state index contributed by atoms with van der Waals surface area (Å²) in [5, 5.41) is 3.10. The molecule has 0 radical (unpaired) electrons. The molecular weight excluding hydrogens is 478 g/mol. The van der Waals surface area contributed by atoms with E-state index in [9.17, 15) is 13.2 Å². The molecule has 1 rings (SSSR count). The first-order valence-corrected chi connectivity index (χ1v) is 8.08. The second-order valence-corrected chi connectivity index (χ2v) is 5.53. The van der Waals surface area contributed by atoms with Gasteiger partial charge in [-0.25, -0.2) is 0 Å². The molecule has 0 heterocycles. The third-order valence-corrected chi connectivity index (χ3v) is 3.49. The summed E-state index contributed by atoms with van der Waals surface area (Å²) in [6.45, 7) is -0.204. The van der Waals surface area contributed by atoms with Crippen LogP contribution in [0.4, 0.5) is 13.2 Å². The molecule has 1 N–H and O–H groups in total. The van der Waals surface area contributed by atoms with Crippen molar-refractivity contribution in [3.05, 3.63) is 23.8 Å². The van der Waals surface area contributed by atoms with Gasteiger partial charge < -0.3 is 24.4 Å². The Balaban J connectivity index is 0.00000676. The predicted octanol–water partition coefficient (Wildman–Crippen LogP) is 3.30. The number of hydrogen-bond acceptors (Lipinski definition) is 4. The van der Waals surface area contributed by atoms with Crippen molar-refractivity contribution in [1.29, 1.82) is 0 Å². The van der Waals surface area contributed by atoms with E-state index in [0.717, 1.165) is 5.56 Å². The van der Waals surface area contributed by atoms with E-state index in [0.29, 0.717) is 37.0 Å². The molecule has 0 saturated carbocycles. The van der Waals surface area contributed by atoms with Crippen LogP contribution < -0.4 is 14.8 Å². The van der Waals surface area contributed by atoms with Gasteiger partial charge in [-0.2, -0.15) is 13.2 Å². The standard InChI is InChI=1S/C17H26F3N3O3.HI/c1-21-16(22-8-5-9-26-12-17(18,19)20)23(2)11-13-6-7-14(24-3)10-15(13)25-4;/h6-7,10H,5,8-9,11-12H2,1-4H3,(H,21,22);1H. The summed E-state index contributed by atoms with van der Waals surface area (Å²) >= 11 is 0. The molecule has 6 nitrogen and oxygen atoms in total. The molecular formula is C17H27F3IN3O3. The third kappa shape index (κ3) is 9.89. The quantitative estimate of drug-likeness (QED) is 0.242. The Kier molecular flexibility index (Phi) is 12.2. The van der Waals surface area contributed by atoms with Crippen LogP contribution in [0.3, 0.4) is 0 Å². The number of aliphatic imine (C=N–C) groups is 1. The number of rotatable bonds is 9. The first-order chi connectivity index (χ1) is 12.3. The molecule has 0 aliphatic heterocycles. The van der Waals surface area contributed by atoms with Gasteiger partial charge in [0.2, 0.25) is 0 Å². The summed E-state index contributed by atoms with van der Waals surface area (Å²) in [6.07, 6.45) is -3.85. The van der Waals surface area contributed by atoms with Crippen LogP contribution >= 0.6 is 24.0 Å². The molecule has 0 saturated heterocycles. The van der Waals surface area contributed by atoms with E-state index in [-0.39, 0.29) is 30.6 Å². The lowest BCUT2D eigenvalue weighted by atomic mass is 10.2. The smallest absolute Gasteiger partial charge is 0.411 e. The van der Waals surface area contributed by atoms with Crippen molar-refractivity contribution in [3.63, 3.8) is 0 Å². The Morgan fingerprint density at radius 1 is 1.22 bits per heavy atom. The highest BCUT2D eigenvalue weighted by molar-refractivity contribution is 14.0. The monoisotopic (exact) mass is 505 g/mol. The molecule has 0 aromatic heterocycles. The Labute approximate surface area is 175 Å². The van der Waals surface area contributed by atoms with Crippen LogP contribution in [-0.2, 0) is 11.3 Å². The summed E-state index contributed by atoms with van der Waals surface area (Å²) in [5.41, 5.74) is 0.951. The zero-order chi connectivity index (χ0) is 19.6. The maximum absolute atomic E-state index is 12.0. The average molecular weight is 505 g/mol.